The summed E-state index contributed by atoms with van der Waals surface area (Å²) in [6, 6.07) is 0. The van der Waals surface area contributed by atoms with E-state index in [1.54, 1.807) is 0 Å². The maximum atomic E-state index is 11.7. The number of rotatable bonds is 4. The second-order valence-corrected chi connectivity index (χ2v) is 4.42. The lowest BCUT2D eigenvalue weighted by atomic mass is 10.1. The van der Waals surface area contributed by atoms with E-state index in [1.165, 1.54) is 0 Å². The van der Waals surface area contributed by atoms with Crippen molar-refractivity contribution in [2.45, 2.75) is 19.3 Å². The Bertz CT molecular complexity index is 220. The smallest absolute Gasteiger partial charge is 0.227 e. The molecule has 1 heterocycles. The number of nitrogens with one attached hydrogen (secondary N) is 1. The Morgan fingerprint density at radius 3 is 2.86 bits per heavy atom. The lowest BCUT2D eigenvalue weighted by Gasteiger charge is -2.14. The van der Waals surface area contributed by atoms with Crippen molar-refractivity contribution in [3.63, 3.8) is 0 Å². The molecule has 14 heavy (non-hydrogen) atoms. The van der Waals surface area contributed by atoms with Crippen molar-refractivity contribution < 1.29 is 9.53 Å². The number of hydrogen-bond acceptors (Lipinski definition) is 3. The van der Waals surface area contributed by atoms with Crippen molar-refractivity contribution in [2.75, 3.05) is 26.3 Å². The van der Waals surface area contributed by atoms with Crippen molar-refractivity contribution in [2.24, 2.45) is 17.1 Å². The summed E-state index contributed by atoms with van der Waals surface area (Å²) in [4.78, 5) is 11.7. The zero-order chi connectivity index (χ0) is 10.0. The second-order valence-electron chi connectivity index (χ2n) is 4.42. The lowest BCUT2D eigenvalue weighted by Crippen LogP contribution is -2.39. The minimum Gasteiger partial charge on any atom is -0.381 e. The fourth-order valence-corrected chi connectivity index (χ4v) is 1.84. The third-order valence-corrected chi connectivity index (χ3v) is 3.30. The summed E-state index contributed by atoms with van der Waals surface area (Å²) in [5, 5.41) is 2.98. The number of amides is 1. The normalized spacial score (nSPS) is 28.8. The molecule has 0 aromatic rings. The minimum atomic E-state index is -0.209. The van der Waals surface area contributed by atoms with Gasteiger partial charge in [0, 0.05) is 25.6 Å². The average Bonchev–Trinajstić information content (AvgIpc) is 2.84. The van der Waals surface area contributed by atoms with Gasteiger partial charge in [-0.25, -0.2) is 0 Å². The third kappa shape index (κ3) is 1.91. The number of carbonyl (C=O) groups is 1. The van der Waals surface area contributed by atoms with E-state index in [0.717, 1.165) is 39.0 Å². The summed E-state index contributed by atoms with van der Waals surface area (Å²) in [6.45, 7) is 2.86. The van der Waals surface area contributed by atoms with E-state index in [0.29, 0.717) is 12.5 Å². The van der Waals surface area contributed by atoms with E-state index >= 15 is 0 Å². The lowest BCUT2D eigenvalue weighted by molar-refractivity contribution is -0.126. The highest BCUT2D eigenvalue weighted by Gasteiger charge is 2.48. The molecule has 0 aromatic heterocycles. The number of ether oxygens (including phenoxy) is 1. The van der Waals surface area contributed by atoms with Crippen LogP contribution in [0.1, 0.15) is 19.3 Å². The van der Waals surface area contributed by atoms with Crippen molar-refractivity contribution in [1.82, 2.24) is 5.32 Å². The highest BCUT2D eigenvalue weighted by molar-refractivity contribution is 5.85. The highest BCUT2D eigenvalue weighted by Crippen LogP contribution is 2.44. The summed E-state index contributed by atoms with van der Waals surface area (Å²) >= 11 is 0. The van der Waals surface area contributed by atoms with Gasteiger partial charge in [-0.1, -0.05) is 0 Å². The Kier molecular flexibility index (Phi) is 2.74. The maximum absolute atomic E-state index is 11.7. The van der Waals surface area contributed by atoms with Gasteiger partial charge in [-0.2, -0.15) is 0 Å². The van der Waals surface area contributed by atoms with E-state index in [2.05, 4.69) is 5.32 Å². The first kappa shape index (κ1) is 9.93. The van der Waals surface area contributed by atoms with Gasteiger partial charge in [-0.05, 0) is 19.3 Å². The zero-order valence-corrected chi connectivity index (χ0v) is 8.42. The molecule has 1 saturated carbocycles. The van der Waals surface area contributed by atoms with Crippen LogP contribution in [-0.4, -0.2) is 32.2 Å². The topological polar surface area (TPSA) is 64.4 Å². The molecule has 2 rings (SSSR count). The SMILES string of the molecule is NCC1(C(=O)NCC2CCOC2)CC1. The third-order valence-electron chi connectivity index (χ3n) is 3.30. The van der Waals surface area contributed by atoms with Gasteiger partial charge in [0.25, 0.3) is 0 Å². The first-order chi connectivity index (χ1) is 6.77. The minimum absolute atomic E-state index is 0.145. The first-order valence-corrected chi connectivity index (χ1v) is 5.33. The van der Waals surface area contributed by atoms with E-state index in [1.807, 2.05) is 0 Å². The van der Waals surface area contributed by atoms with Crippen LogP contribution in [0, 0.1) is 11.3 Å². The Balaban J connectivity index is 1.72. The molecule has 1 aliphatic carbocycles. The average molecular weight is 198 g/mol. The number of carbonyl (C=O) groups excluding carboxylic acids is 1. The zero-order valence-electron chi connectivity index (χ0n) is 8.42. The Hall–Kier alpha value is -0.610. The van der Waals surface area contributed by atoms with Gasteiger partial charge >= 0.3 is 0 Å². The molecule has 3 N–H and O–H groups in total. The molecule has 4 nitrogen and oxygen atoms in total. The molecule has 2 fully saturated rings. The van der Waals surface area contributed by atoms with Gasteiger partial charge in [0.1, 0.15) is 0 Å². The standard InChI is InChI=1S/C10H18N2O2/c11-7-10(2-3-10)9(13)12-5-8-1-4-14-6-8/h8H,1-7,11H2,(H,12,13). The Morgan fingerprint density at radius 1 is 1.57 bits per heavy atom. The van der Waals surface area contributed by atoms with Gasteiger partial charge < -0.3 is 15.8 Å². The predicted molar refractivity (Wildman–Crippen MR) is 52.7 cm³/mol. The number of nitrogens with two attached hydrogens (primary N) is 1. The molecule has 1 amide bonds. The van der Waals surface area contributed by atoms with Gasteiger partial charge in [-0.3, -0.25) is 4.79 Å². The summed E-state index contributed by atoms with van der Waals surface area (Å²) in [7, 11) is 0. The van der Waals surface area contributed by atoms with E-state index in [-0.39, 0.29) is 11.3 Å². The van der Waals surface area contributed by atoms with Gasteiger partial charge in [0.15, 0.2) is 0 Å². The Morgan fingerprint density at radius 2 is 2.36 bits per heavy atom. The molecule has 1 unspecified atom stereocenters. The number of hydrogen-bond donors (Lipinski definition) is 2. The van der Waals surface area contributed by atoms with E-state index < -0.39 is 0 Å². The van der Waals surface area contributed by atoms with Crippen LogP contribution in [0.3, 0.4) is 0 Å². The summed E-state index contributed by atoms with van der Waals surface area (Å²) in [6.07, 6.45) is 2.98. The van der Waals surface area contributed by atoms with Crippen molar-refractivity contribution in [1.29, 1.82) is 0 Å². The van der Waals surface area contributed by atoms with Crippen LogP contribution in [0.25, 0.3) is 0 Å². The highest BCUT2D eigenvalue weighted by atomic mass is 16.5. The molecule has 0 aromatic carbocycles. The molecule has 0 bridgehead atoms. The van der Waals surface area contributed by atoms with E-state index in [9.17, 15) is 4.79 Å². The van der Waals surface area contributed by atoms with Crippen molar-refractivity contribution >= 4 is 5.91 Å². The quantitative estimate of drug-likeness (QED) is 0.662. The van der Waals surface area contributed by atoms with Crippen LogP contribution in [0.15, 0.2) is 0 Å². The van der Waals surface area contributed by atoms with Crippen molar-refractivity contribution in [3.8, 4) is 0 Å². The van der Waals surface area contributed by atoms with Crippen LogP contribution in [-0.2, 0) is 9.53 Å². The molecule has 1 atom stereocenters. The van der Waals surface area contributed by atoms with Crippen LogP contribution in [0.4, 0.5) is 0 Å². The van der Waals surface area contributed by atoms with Gasteiger partial charge in [-0.15, -0.1) is 0 Å². The van der Waals surface area contributed by atoms with Crippen LogP contribution in [0.2, 0.25) is 0 Å². The van der Waals surface area contributed by atoms with E-state index in [4.69, 9.17) is 10.5 Å². The van der Waals surface area contributed by atoms with Crippen LogP contribution < -0.4 is 11.1 Å². The maximum Gasteiger partial charge on any atom is 0.227 e. The first-order valence-electron chi connectivity index (χ1n) is 5.33. The van der Waals surface area contributed by atoms with Crippen molar-refractivity contribution in [3.05, 3.63) is 0 Å². The molecule has 1 saturated heterocycles. The van der Waals surface area contributed by atoms with Gasteiger partial charge in [0.2, 0.25) is 5.91 Å². The molecule has 80 valence electrons. The fraction of sp³-hybridized carbons (Fsp3) is 0.900. The monoisotopic (exact) mass is 198 g/mol. The Labute approximate surface area is 84.2 Å². The largest absolute Gasteiger partial charge is 0.381 e. The second kappa shape index (κ2) is 3.87. The summed E-state index contributed by atoms with van der Waals surface area (Å²) in [5.74, 6) is 0.652. The van der Waals surface area contributed by atoms with Crippen LogP contribution >= 0.6 is 0 Å². The molecule has 2 aliphatic rings. The van der Waals surface area contributed by atoms with Crippen LogP contribution in [0.5, 0.6) is 0 Å². The molecule has 0 spiro atoms. The molecule has 1 aliphatic heterocycles. The summed E-state index contributed by atoms with van der Waals surface area (Å²) in [5.41, 5.74) is 5.36. The molecular formula is C10H18N2O2. The summed E-state index contributed by atoms with van der Waals surface area (Å²) < 4.78 is 5.24. The molecule has 4 heteroatoms. The predicted octanol–water partition coefficient (Wildman–Crippen LogP) is -0.122. The molecular weight excluding hydrogens is 180 g/mol. The fourth-order valence-electron chi connectivity index (χ4n) is 1.84. The van der Waals surface area contributed by atoms with Gasteiger partial charge in [0.05, 0.1) is 12.0 Å². The molecule has 0 radical (unpaired) electrons.